The van der Waals surface area contributed by atoms with Gasteiger partial charge in [-0.2, -0.15) is 5.10 Å². The van der Waals surface area contributed by atoms with Gasteiger partial charge in [0, 0.05) is 11.3 Å². The normalized spacial score (nSPS) is 25.2. The zero-order chi connectivity index (χ0) is 18.5. The van der Waals surface area contributed by atoms with Crippen LogP contribution in [-0.2, 0) is 10.2 Å². The Morgan fingerprint density at radius 3 is 2.85 bits per heavy atom. The molecule has 7 heteroatoms. The molecule has 1 heterocycles. The Balaban J connectivity index is 1.47. The van der Waals surface area contributed by atoms with Gasteiger partial charge in [0.1, 0.15) is 0 Å². The van der Waals surface area contributed by atoms with Crippen molar-refractivity contribution in [3.05, 3.63) is 40.7 Å². The van der Waals surface area contributed by atoms with Crippen molar-refractivity contribution in [3.63, 3.8) is 0 Å². The Morgan fingerprint density at radius 2 is 2.08 bits per heavy atom. The highest BCUT2D eigenvalue weighted by atomic mass is 35.5. The quantitative estimate of drug-likeness (QED) is 0.784. The number of aromatic nitrogens is 3. The van der Waals surface area contributed by atoms with Crippen molar-refractivity contribution in [1.29, 1.82) is 0 Å². The maximum Gasteiger partial charge on any atom is 0.234 e. The van der Waals surface area contributed by atoms with Crippen molar-refractivity contribution < 1.29 is 4.79 Å². The number of halogens is 1. The highest BCUT2D eigenvalue weighted by Gasteiger charge is 2.61. The maximum atomic E-state index is 12.2. The summed E-state index contributed by atoms with van der Waals surface area (Å²) in [6, 6.07) is 7.18. The van der Waals surface area contributed by atoms with E-state index in [1.807, 2.05) is 12.1 Å². The molecule has 1 amide bonds. The van der Waals surface area contributed by atoms with Gasteiger partial charge in [-0.05, 0) is 30.4 Å². The average Bonchev–Trinajstić information content (AvgIpc) is 2.94. The first-order valence-electron chi connectivity index (χ1n) is 8.75. The summed E-state index contributed by atoms with van der Waals surface area (Å²) in [6.07, 6.45) is 2.28. The smallest absolute Gasteiger partial charge is 0.234 e. The molecule has 2 aromatic rings. The lowest BCUT2D eigenvalue weighted by molar-refractivity contribution is -0.113. The van der Waals surface area contributed by atoms with Crippen molar-refractivity contribution in [3.8, 4) is 0 Å². The summed E-state index contributed by atoms with van der Waals surface area (Å²) < 4.78 is 0. The number of amides is 1. The van der Waals surface area contributed by atoms with Gasteiger partial charge in [0.05, 0.1) is 27.9 Å². The van der Waals surface area contributed by atoms with Crippen LogP contribution in [-0.4, -0.2) is 26.8 Å². The van der Waals surface area contributed by atoms with E-state index in [1.165, 1.54) is 11.8 Å². The molecule has 2 aliphatic rings. The minimum Gasteiger partial charge on any atom is -0.324 e. The molecule has 1 saturated carbocycles. The van der Waals surface area contributed by atoms with Crippen molar-refractivity contribution in [2.24, 2.45) is 5.41 Å². The van der Waals surface area contributed by atoms with Crippen LogP contribution in [0.25, 0.3) is 0 Å². The number of hydrogen-bond acceptors (Lipinski definition) is 5. The number of hydrogen-bond donors (Lipinski definition) is 1. The molecule has 26 heavy (non-hydrogen) atoms. The molecule has 0 unspecified atom stereocenters. The van der Waals surface area contributed by atoms with Crippen LogP contribution in [0.4, 0.5) is 5.69 Å². The van der Waals surface area contributed by atoms with E-state index in [4.69, 9.17) is 16.6 Å². The van der Waals surface area contributed by atoms with E-state index in [0.29, 0.717) is 21.8 Å². The number of carbonyl (C=O) groups is 1. The van der Waals surface area contributed by atoms with E-state index in [2.05, 4.69) is 36.3 Å². The van der Waals surface area contributed by atoms with Gasteiger partial charge in [0.25, 0.3) is 0 Å². The molecule has 1 fully saturated rings. The second-order valence-electron chi connectivity index (χ2n) is 7.79. The third-order valence-electron chi connectivity index (χ3n) is 6.25. The van der Waals surface area contributed by atoms with Gasteiger partial charge in [-0.25, -0.2) is 4.98 Å². The zero-order valence-electron chi connectivity index (χ0n) is 15.0. The van der Waals surface area contributed by atoms with Crippen LogP contribution in [0.2, 0.25) is 5.02 Å². The molecule has 2 atom stereocenters. The number of para-hydroxylation sites is 1. The fourth-order valence-corrected chi connectivity index (χ4v) is 5.07. The monoisotopic (exact) mass is 388 g/mol. The number of nitrogens with zero attached hydrogens (tertiary/aromatic N) is 3. The molecular weight excluding hydrogens is 368 g/mol. The standard InChI is InChI=1S/C19H21ClN4OS/c1-18(2)11-8-9-19(18,3)16-15(11)23-24-17(22-16)26-10-14(25)21-13-7-5-4-6-12(13)20/h4-7,11H,8-10H2,1-3H3,(H,21,25)/t11-,19+/m1/s1. The molecule has 1 N–H and O–H groups in total. The van der Waals surface area contributed by atoms with E-state index < -0.39 is 0 Å². The fraction of sp³-hybridized carbons (Fsp3) is 0.474. The van der Waals surface area contributed by atoms with Crippen LogP contribution in [0.1, 0.15) is 50.9 Å². The van der Waals surface area contributed by atoms with Crippen LogP contribution in [0, 0.1) is 5.41 Å². The third kappa shape index (κ3) is 2.62. The highest BCUT2D eigenvalue weighted by molar-refractivity contribution is 7.99. The van der Waals surface area contributed by atoms with Crippen molar-refractivity contribution >= 4 is 35.0 Å². The molecule has 0 aliphatic heterocycles. The number of carbonyl (C=O) groups excluding carboxylic acids is 1. The molecule has 0 saturated heterocycles. The van der Waals surface area contributed by atoms with Crippen molar-refractivity contribution in [1.82, 2.24) is 15.2 Å². The summed E-state index contributed by atoms with van der Waals surface area (Å²) in [5, 5.41) is 12.6. The molecule has 4 rings (SSSR count). The Bertz CT molecular complexity index is 888. The van der Waals surface area contributed by atoms with Crippen LogP contribution < -0.4 is 5.32 Å². The highest BCUT2D eigenvalue weighted by Crippen LogP contribution is 2.66. The van der Waals surface area contributed by atoms with Crippen LogP contribution in [0.5, 0.6) is 0 Å². The average molecular weight is 389 g/mol. The number of nitrogens with one attached hydrogen (secondary N) is 1. The third-order valence-corrected chi connectivity index (χ3v) is 7.42. The second kappa shape index (κ2) is 6.20. The molecule has 1 aromatic carbocycles. The van der Waals surface area contributed by atoms with Gasteiger partial charge >= 0.3 is 0 Å². The topological polar surface area (TPSA) is 67.8 Å². The Morgan fingerprint density at radius 1 is 1.31 bits per heavy atom. The predicted octanol–water partition coefficient (Wildman–Crippen LogP) is 4.43. The molecular formula is C19H21ClN4OS. The van der Waals surface area contributed by atoms with E-state index in [0.717, 1.165) is 24.2 Å². The molecule has 1 aromatic heterocycles. The van der Waals surface area contributed by atoms with Gasteiger partial charge in [-0.15, -0.1) is 5.10 Å². The number of benzene rings is 1. The Kier molecular flexibility index (Phi) is 4.23. The lowest BCUT2D eigenvalue weighted by Gasteiger charge is -2.33. The summed E-state index contributed by atoms with van der Waals surface area (Å²) in [5.41, 5.74) is 2.93. The minimum absolute atomic E-state index is 0.0398. The molecule has 5 nitrogen and oxygen atoms in total. The van der Waals surface area contributed by atoms with Gasteiger partial charge in [0.2, 0.25) is 11.1 Å². The predicted molar refractivity (Wildman–Crippen MR) is 104 cm³/mol. The summed E-state index contributed by atoms with van der Waals surface area (Å²) in [7, 11) is 0. The molecule has 136 valence electrons. The van der Waals surface area contributed by atoms with Crippen molar-refractivity contribution in [2.75, 3.05) is 11.1 Å². The van der Waals surface area contributed by atoms with E-state index >= 15 is 0 Å². The largest absolute Gasteiger partial charge is 0.324 e. The number of anilines is 1. The maximum absolute atomic E-state index is 12.2. The van der Waals surface area contributed by atoms with Crippen LogP contribution >= 0.6 is 23.4 Å². The minimum atomic E-state index is -0.139. The molecule has 0 spiro atoms. The summed E-state index contributed by atoms with van der Waals surface area (Å²) in [6.45, 7) is 6.89. The lowest BCUT2D eigenvalue weighted by atomic mass is 9.70. The number of thioether (sulfide) groups is 1. The lowest BCUT2D eigenvalue weighted by Crippen LogP contribution is -2.32. The zero-order valence-corrected chi connectivity index (χ0v) is 16.6. The molecule has 2 bridgehead atoms. The van der Waals surface area contributed by atoms with E-state index in [9.17, 15) is 4.79 Å². The Labute approximate surface area is 162 Å². The Hall–Kier alpha value is -1.66. The molecule has 0 radical (unpaired) electrons. The number of rotatable bonds is 4. The van der Waals surface area contributed by atoms with E-state index in [-0.39, 0.29) is 22.5 Å². The number of fused-ring (bicyclic) bond motifs is 5. The first-order valence-corrected chi connectivity index (χ1v) is 10.1. The first-order chi connectivity index (χ1) is 12.3. The fourth-order valence-electron chi connectivity index (χ4n) is 4.30. The summed E-state index contributed by atoms with van der Waals surface area (Å²) in [5.74, 6) is 0.514. The van der Waals surface area contributed by atoms with Crippen LogP contribution in [0.3, 0.4) is 0 Å². The van der Waals surface area contributed by atoms with Crippen molar-refractivity contribution in [2.45, 2.75) is 50.1 Å². The van der Waals surface area contributed by atoms with E-state index in [1.54, 1.807) is 12.1 Å². The summed E-state index contributed by atoms with van der Waals surface area (Å²) >= 11 is 7.38. The second-order valence-corrected chi connectivity index (χ2v) is 9.14. The van der Waals surface area contributed by atoms with Crippen LogP contribution in [0.15, 0.2) is 29.4 Å². The van der Waals surface area contributed by atoms with Gasteiger partial charge in [-0.3, -0.25) is 4.79 Å². The molecule has 2 aliphatic carbocycles. The van der Waals surface area contributed by atoms with Gasteiger partial charge in [-0.1, -0.05) is 56.3 Å². The first kappa shape index (κ1) is 17.7. The van der Waals surface area contributed by atoms with Gasteiger partial charge in [0.15, 0.2) is 0 Å². The van der Waals surface area contributed by atoms with Gasteiger partial charge < -0.3 is 5.32 Å². The SMILES string of the molecule is CC1(C)[C@@H]2CC[C@@]1(C)c1nc(SCC(=O)Nc3ccccc3Cl)nnc12. The summed E-state index contributed by atoms with van der Waals surface area (Å²) in [4.78, 5) is 17.0.